The monoisotopic (exact) mass is 748 g/mol. The minimum atomic E-state index is -4.07. The molecule has 0 saturated heterocycles. The Morgan fingerprint density at radius 3 is 0.732 bits per heavy atom. The Labute approximate surface area is 297 Å². The van der Waals surface area contributed by atoms with Crippen molar-refractivity contribution in [1.82, 2.24) is 0 Å². The van der Waals surface area contributed by atoms with Gasteiger partial charge in [-0.1, -0.05) is 168 Å². The first-order valence-corrected chi connectivity index (χ1v) is 19.8. The van der Waals surface area contributed by atoms with Crippen molar-refractivity contribution >= 4 is 69.1 Å². The largest absolute Gasteiger partial charge is 2.00 e. The summed E-state index contributed by atoms with van der Waals surface area (Å²) in [4.78, 5) is 0. The molecule has 6 nitrogen and oxygen atoms in total. The molecule has 0 spiro atoms. The fourth-order valence-corrected chi connectivity index (χ4v) is 5.74. The van der Waals surface area contributed by atoms with Gasteiger partial charge in [0.1, 0.15) is 0 Å². The van der Waals surface area contributed by atoms with Gasteiger partial charge in [-0.25, -0.2) is 16.8 Å². The Hall–Kier alpha value is 1.39. The van der Waals surface area contributed by atoms with Crippen molar-refractivity contribution in [2.45, 2.75) is 205 Å². The Balaban J connectivity index is -0.000000688. The van der Waals surface area contributed by atoms with E-state index in [1.165, 1.54) is 142 Å². The van der Waals surface area contributed by atoms with E-state index in [2.05, 4.69) is 13.8 Å². The summed E-state index contributed by atoms with van der Waals surface area (Å²) < 4.78 is 64.2. The second-order valence-corrected chi connectivity index (χ2v) is 15.5. The zero-order chi connectivity index (χ0) is 30.5. The summed E-state index contributed by atoms with van der Waals surface area (Å²) in [5.74, 6) is 0. The first-order chi connectivity index (χ1) is 19.0. The predicted molar refractivity (Wildman–Crippen MR) is 175 cm³/mol. The summed E-state index contributed by atoms with van der Waals surface area (Å²) in [6.07, 6.45) is 31.3. The van der Waals surface area contributed by atoms with Crippen molar-refractivity contribution < 1.29 is 25.9 Å². The summed E-state index contributed by atoms with van der Waals surface area (Å²) in [6, 6.07) is 0. The number of hydrogen-bond donors (Lipinski definition) is 0. The van der Waals surface area contributed by atoms with Gasteiger partial charge in [-0.3, -0.25) is 0 Å². The van der Waals surface area contributed by atoms with Gasteiger partial charge in [0.05, 0.1) is 20.2 Å². The molecule has 0 heterocycles. The van der Waals surface area contributed by atoms with Gasteiger partial charge in [0.25, 0.3) is 0 Å². The van der Waals surface area contributed by atoms with E-state index in [1.807, 2.05) is 0 Å². The third-order valence-corrected chi connectivity index (χ3v) is 10.4. The van der Waals surface area contributed by atoms with E-state index in [1.54, 1.807) is 0 Å². The van der Waals surface area contributed by atoms with Crippen LogP contribution < -0.4 is 0 Å². The van der Waals surface area contributed by atoms with Crippen LogP contribution in [0.5, 0.6) is 0 Å². The Morgan fingerprint density at radius 1 is 0.390 bits per heavy atom. The molecule has 9 heteroatoms. The molecule has 0 amide bonds. The van der Waals surface area contributed by atoms with Gasteiger partial charge < -0.3 is 9.11 Å². The van der Waals surface area contributed by atoms with E-state index in [9.17, 15) is 25.9 Å². The molecule has 0 fully saturated rings. The molecular formula is C32H66BaO6S2. The first-order valence-electron chi connectivity index (χ1n) is 16.9. The summed E-state index contributed by atoms with van der Waals surface area (Å²) >= 11 is 0. The predicted octanol–water partition coefficient (Wildman–Crippen LogP) is 9.64. The van der Waals surface area contributed by atoms with Crippen LogP contribution in [0.25, 0.3) is 0 Å². The van der Waals surface area contributed by atoms with Crippen LogP contribution in [0, 0.1) is 0 Å². The summed E-state index contributed by atoms with van der Waals surface area (Å²) in [6.45, 7) is 7.52. The molecule has 0 saturated carbocycles. The van der Waals surface area contributed by atoms with Gasteiger partial charge in [0, 0.05) is 10.5 Å². The Morgan fingerprint density at radius 2 is 0.561 bits per heavy atom. The third-order valence-electron chi connectivity index (χ3n) is 7.91. The minimum Gasteiger partial charge on any atom is -0.748 e. The number of rotatable bonds is 28. The third kappa shape index (κ3) is 37.5. The second kappa shape index (κ2) is 32.8. The van der Waals surface area contributed by atoms with Crippen LogP contribution in [0.1, 0.15) is 195 Å². The number of unbranched alkanes of at least 4 members (excludes halogenated alkanes) is 22. The normalized spacial score (nSPS) is 13.2. The van der Waals surface area contributed by atoms with Crippen LogP contribution in [-0.4, -0.2) is 85.3 Å². The van der Waals surface area contributed by atoms with Crippen molar-refractivity contribution in [3.8, 4) is 0 Å². The summed E-state index contributed by atoms with van der Waals surface area (Å²) in [7, 11) is -8.13. The molecule has 0 aliphatic heterocycles. The molecule has 41 heavy (non-hydrogen) atoms. The van der Waals surface area contributed by atoms with Crippen LogP contribution in [-0.2, 0) is 20.2 Å². The van der Waals surface area contributed by atoms with Crippen molar-refractivity contribution in [3.63, 3.8) is 0 Å². The van der Waals surface area contributed by atoms with Gasteiger partial charge in [-0.2, -0.15) is 0 Å². The van der Waals surface area contributed by atoms with Crippen molar-refractivity contribution in [1.29, 1.82) is 0 Å². The molecule has 0 bridgehead atoms. The van der Waals surface area contributed by atoms with Gasteiger partial charge in [0.2, 0.25) is 0 Å². The number of hydrogen-bond acceptors (Lipinski definition) is 6. The smallest absolute Gasteiger partial charge is 0.748 e. The summed E-state index contributed by atoms with van der Waals surface area (Å²) in [5.41, 5.74) is 0. The fraction of sp³-hybridized carbons (Fsp3) is 1.00. The fourth-order valence-electron chi connectivity index (χ4n) is 4.83. The van der Waals surface area contributed by atoms with Crippen LogP contribution >= 0.6 is 0 Å². The maximum atomic E-state index is 10.7. The van der Waals surface area contributed by atoms with Gasteiger partial charge in [-0.05, 0) is 26.7 Å². The first kappa shape index (κ1) is 46.8. The van der Waals surface area contributed by atoms with E-state index in [-0.39, 0.29) is 48.9 Å². The minimum absolute atomic E-state index is 0. The molecule has 0 aromatic carbocycles. The molecule has 0 N–H and O–H groups in total. The Bertz CT molecular complexity index is 666. The average molecular weight is 748 g/mol. The quantitative estimate of drug-likeness (QED) is 0.0447. The molecule has 2 atom stereocenters. The molecule has 0 aliphatic rings. The molecule has 0 aromatic heterocycles. The molecule has 0 aromatic rings. The zero-order valence-corrected chi connectivity index (χ0v) is 33.6. The molecular weight excluding hydrogens is 682 g/mol. The van der Waals surface area contributed by atoms with Crippen LogP contribution in [0.3, 0.4) is 0 Å². The summed E-state index contributed by atoms with van der Waals surface area (Å²) in [5, 5.41) is -1.43. The van der Waals surface area contributed by atoms with Gasteiger partial charge in [-0.15, -0.1) is 0 Å². The molecule has 0 radical (unpaired) electrons. The molecule has 0 rings (SSSR count). The Kier molecular flexibility index (Phi) is 37.4. The van der Waals surface area contributed by atoms with E-state index >= 15 is 0 Å². The van der Waals surface area contributed by atoms with Crippen LogP contribution in [0.2, 0.25) is 0 Å². The van der Waals surface area contributed by atoms with Crippen molar-refractivity contribution in [2.24, 2.45) is 0 Å². The average Bonchev–Trinajstić information content (AvgIpc) is 2.89. The van der Waals surface area contributed by atoms with Crippen LogP contribution in [0.4, 0.5) is 0 Å². The van der Waals surface area contributed by atoms with Gasteiger partial charge >= 0.3 is 48.9 Å². The SMILES string of the molecule is CCCCCCCCCCCCCCC(C)S(=O)(=O)[O-].CCCCCCCCCCCCCCC(C)S(=O)(=O)[O-].[Ba+2]. The maximum Gasteiger partial charge on any atom is 2.00 e. The second-order valence-electron chi connectivity index (χ2n) is 12.0. The van der Waals surface area contributed by atoms with E-state index in [0.717, 1.165) is 25.7 Å². The maximum absolute atomic E-state index is 10.7. The van der Waals surface area contributed by atoms with E-state index in [0.29, 0.717) is 12.8 Å². The standard InChI is InChI=1S/2C16H34O3S.Ba/c2*1-3-4-5-6-7-8-9-10-11-12-13-14-15-16(2)20(17,18)19;/h2*16H,3-15H2,1-2H3,(H,17,18,19);/q;;+2/p-2. The van der Waals surface area contributed by atoms with Crippen LogP contribution in [0.15, 0.2) is 0 Å². The molecule has 2 unspecified atom stereocenters. The molecule has 0 aliphatic carbocycles. The molecule has 244 valence electrons. The topological polar surface area (TPSA) is 114 Å². The van der Waals surface area contributed by atoms with Crippen molar-refractivity contribution in [3.05, 3.63) is 0 Å². The van der Waals surface area contributed by atoms with Gasteiger partial charge in [0.15, 0.2) is 0 Å². The van der Waals surface area contributed by atoms with E-state index < -0.39 is 30.7 Å². The zero-order valence-electron chi connectivity index (χ0n) is 27.5. The van der Waals surface area contributed by atoms with E-state index in [4.69, 9.17) is 0 Å². The van der Waals surface area contributed by atoms with Crippen molar-refractivity contribution in [2.75, 3.05) is 0 Å².